The van der Waals surface area contributed by atoms with Crippen LogP contribution in [0.25, 0.3) is 0 Å². The standard InChI is InChI=1S/C19H30N2O2S/c1-15-7-9-21(10-8-15)13-18-6-4-5-17(11-18)12-20-19(22)16(2)14-24(3)23/h4-6,11,15-16H,7-10,12-14H2,1-3H3,(H,20,22)/t16-,24+/m1/s1. The molecule has 2 rings (SSSR count). The molecule has 0 aliphatic carbocycles. The second-order valence-electron chi connectivity index (χ2n) is 7.14. The average Bonchev–Trinajstić information content (AvgIpc) is 2.54. The Bertz CT molecular complexity index is 568. The van der Waals surface area contributed by atoms with Gasteiger partial charge in [-0.1, -0.05) is 38.1 Å². The summed E-state index contributed by atoms with van der Waals surface area (Å²) in [6.07, 6.45) is 4.20. The monoisotopic (exact) mass is 350 g/mol. The highest BCUT2D eigenvalue weighted by atomic mass is 32.2. The number of rotatable bonds is 7. The molecule has 0 radical (unpaired) electrons. The summed E-state index contributed by atoms with van der Waals surface area (Å²) in [5.41, 5.74) is 2.43. The van der Waals surface area contributed by atoms with Crippen LogP contribution in [0.15, 0.2) is 24.3 Å². The van der Waals surface area contributed by atoms with Crippen molar-refractivity contribution in [3.63, 3.8) is 0 Å². The minimum absolute atomic E-state index is 0.0272. The Labute approximate surface area is 148 Å². The van der Waals surface area contributed by atoms with Gasteiger partial charge in [0.05, 0.1) is 0 Å². The normalized spacial score (nSPS) is 19.0. The first kappa shape index (κ1) is 19.1. The highest BCUT2D eigenvalue weighted by Gasteiger charge is 2.16. The molecule has 1 fully saturated rings. The number of amides is 1. The average molecular weight is 351 g/mol. The van der Waals surface area contributed by atoms with Crippen LogP contribution in [-0.2, 0) is 28.7 Å². The van der Waals surface area contributed by atoms with Gasteiger partial charge >= 0.3 is 0 Å². The Morgan fingerprint density at radius 2 is 2.00 bits per heavy atom. The number of hydrogen-bond donors (Lipinski definition) is 1. The fourth-order valence-electron chi connectivity index (χ4n) is 3.11. The van der Waals surface area contributed by atoms with Crippen molar-refractivity contribution in [2.75, 3.05) is 25.1 Å². The van der Waals surface area contributed by atoms with Gasteiger partial charge in [0.2, 0.25) is 5.91 Å². The molecule has 2 atom stereocenters. The zero-order valence-corrected chi connectivity index (χ0v) is 15.9. The van der Waals surface area contributed by atoms with E-state index in [1.807, 2.05) is 13.0 Å². The van der Waals surface area contributed by atoms with Gasteiger partial charge in [0.15, 0.2) is 0 Å². The molecule has 134 valence electrons. The van der Waals surface area contributed by atoms with E-state index in [-0.39, 0.29) is 11.8 Å². The lowest BCUT2D eigenvalue weighted by Gasteiger charge is -2.30. The number of likely N-dealkylation sites (tertiary alicyclic amines) is 1. The van der Waals surface area contributed by atoms with E-state index in [1.165, 1.54) is 31.5 Å². The van der Waals surface area contributed by atoms with Crippen molar-refractivity contribution in [1.82, 2.24) is 10.2 Å². The van der Waals surface area contributed by atoms with Gasteiger partial charge < -0.3 is 5.32 Å². The molecule has 0 spiro atoms. The third kappa shape index (κ3) is 6.36. The van der Waals surface area contributed by atoms with Gasteiger partial charge in [-0.05, 0) is 43.0 Å². The maximum atomic E-state index is 12.0. The van der Waals surface area contributed by atoms with Crippen molar-refractivity contribution in [2.45, 2.75) is 39.8 Å². The fraction of sp³-hybridized carbons (Fsp3) is 0.632. The zero-order chi connectivity index (χ0) is 17.5. The van der Waals surface area contributed by atoms with Gasteiger partial charge in [-0.25, -0.2) is 0 Å². The van der Waals surface area contributed by atoms with Crippen LogP contribution in [0.1, 0.15) is 37.8 Å². The predicted molar refractivity (Wildman–Crippen MR) is 100 cm³/mol. The molecule has 0 saturated carbocycles. The summed E-state index contributed by atoms with van der Waals surface area (Å²) in [6.45, 7) is 8.02. The minimum atomic E-state index is -0.941. The number of nitrogens with one attached hydrogen (secondary N) is 1. The second-order valence-corrected chi connectivity index (χ2v) is 8.62. The second kappa shape index (κ2) is 9.33. The van der Waals surface area contributed by atoms with E-state index in [2.05, 4.69) is 35.3 Å². The molecule has 1 aliphatic rings. The maximum Gasteiger partial charge on any atom is 0.224 e. The molecule has 4 nitrogen and oxygen atoms in total. The van der Waals surface area contributed by atoms with Crippen LogP contribution < -0.4 is 5.32 Å². The lowest BCUT2D eigenvalue weighted by Crippen LogP contribution is -2.32. The molecule has 1 heterocycles. The molecule has 0 bridgehead atoms. The van der Waals surface area contributed by atoms with Crippen LogP contribution in [-0.4, -0.2) is 40.1 Å². The lowest BCUT2D eigenvalue weighted by atomic mass is 9.98. The van der Waals surface area contributed by atoms with E-state index in [0.29, 0.717) is 12.3 Å². The van der Waals surface area contributed by atoms with E-state index in [0.717, 1.165) is 18.0 Å². The Balaban J connectivity index is 1.84. The number of hydrogen-bond acceptors (Lipinski definition) is 3. The smallest absolute Gasteiger partial charge is 0.224 e. The SMILES string of the molecule is CC1CCN(Cc2cccc(CNC(=O)[C@H](C)C[S@](C)=O)c2)CC1. The van der Waals surface area contributed by atoms with Crippen LogP contribution in [0.5, 0.6) is 0 Å². The Kier molecular flexibility index (Phi) is 7.43. The van der Waals surface area contributed by atoms with Crippen molar-refractivity contribution in [1.29, 1.82) is 0 Å². The summed E-state index contributed by atoms with van der Waals surface area (Å²) >= 11 is 0. The van der Waals surface area contributed by atoms with Gasteiger partial charge in [-0.3, -0.25) is 13.9 Å². The van der Waals surface area contributed by atoms with Crippen molar-refractivity contribution >= 4 is 16.7 Å². The summed E-state index contributed by atoms with van der Waals surface area (Å²) in [6, 6.07) is 8.45. The van der Waals surface area contributed by atoms with Gasteiger partial charge in [-0.15, -0.1) is 0 Å². The summed E-state index contributed by atoms with van der Waals surface area (Å²) in [5, 5.41) is 2.95. The van der Waals surface area contributed by atoms with Crippen molar-refractivity contribution < 1.29 is 9.00 Å². The first-order valence-corrected chi connectivity index (χ1v) is 10.5. The van der Waals surface area contributed by atoms with Crippen LogP contribution in [0.3, 0.4) is 0 Å². The number of carbonyl (C=O) groups is 1. The van der Waals surface area contributed by atoms with Gasteiger partial charge in [0, 0.05) is 41.8 Å². The molecule has 1 aromatic rings. The van der Waals surface area contributed by atoms with Gasteiger partial charge in [0.25, 0.3) is 0 Å². The van der Waals surface area contributed by atoms with E-state index >= 15 is 0 Å². The van der Waals surface area contributed by atoms with Gasteiger partial charge in [0.1, 0.15) is 0 Å². The highest BCUT2D eigenvalue weighted by molar-refractivity contribution is 7.84. The van der Waals surface area contributed by atoms with Crippen molar-refractivity contribution in [3.05, 3.63) is 35.4 Å². The molecule has 0 unspecified atom stereocenters. The Hall–Kier alpha value is -1.20. The quantitative estimate of drug-likeness (QED) is 0.822. The number of benzene rings is 1. The lowest BCUT2D eigenvalue weighted by molar-refractivity contribution is -0.124. The summed E-state index contributed by atoms with van der Waals surface area (Å²) < 4.78 is 11.2. The van der Waals surface area contributed by atoms with Crippen LogP contribution in [0.2, 0.25) is 0 Å². The summed E-state index contributed by atoms with van der Waals surface area (Å²) in [5.74, 6) is 1.02. The zero-order valence-electron chi connectivity index (χ0n) is 15.1. The van der Waals surface area contributed by atoms with Crippen LogP contribution >= 0.6 is 0 Å². The highest BCUT2D eigenvalue weighted by Crippen LogP contribution is 2.18. The molecule has 1 amide bonds. The van der Waals surface area contributed by atoms with E-state index < -0.39 is 10.8 Å². The molecule has 5 heteroatoms. The first-order valence-electron chi connectivity index (χ1n) is 8.82. The topological polar surface area (TPSA) is 49.4 Å². The van der Waals surface area contributed by atoms with Crippen molar-refractivity contribution in [3.8, 4) is 0 Å². The number of piperidine rings is 1. The minimum Gasteiger partial charge on any atom is -0.352 e. The maximum absolute atomic E-state index is 12.0. The third-order valence-electron chi connectivity index (χ3n) is 4.67. The van der Waals surface area contributed by atoms with Crippen molar-refractivity contribution in [2.24, 2.45) is 11.8 Å². The van der Waals surface area contributed by atoms with E-state index in [9.17, 15) is 9.00 Å². The van der Waals surface area contributed by atoms with E-state index in [4.69, 9.17) is 0 Å². The first-order chi connectivity index (χ1) is 11.4. The van der Waals surface area contributed by atoms with Crippen LogP contribution in [0, 0.1) is 11.8 Å². The number of carbonyl (C=O) groups excluding carboxylic acids is 1. The molecule has 1 aromatic carbocycles. The molecule has 1 saturated heterocycles. The molecule has 24 heavy (non-hydrogen) atoms. The fourth-order valence-corrected chi connectivity index (χ4v) is 3.96. The number of nitrogens with zero attached hydrogens (tertiary/aromatic N) is 1. The molecular weight excluding hydrogens is 320 g/mol. The Morgan fingerprint density at radius 3 is 2.67 bits per heavy atom. The van der Waals surface area contributed by atoms with E-state index in [1.54, 1.807) is 6.26 Å². The van der Waals surface area contributed by atoms with Gasteiger partial charge in [-0.2, -0.15) is 0 Å². The largest absolute Gasteiger partial charge is 0.352 e. The Morgan fingerprint density at radius 1 is 1.33 bits per heavy atom. The summed E-state index contributed by atoms with van der Waals surface area (Å²) in [7, 11) is -0.941. The summed E-state index contributed by atoms with van der Waals surface area (Å²) in [4.78, 5) is 14.5. The molecule has 1 N–H and O–H groups in total. The molecular formula is C19H30N2O2S. The predicted octanol–water partition coefficient (Wildman–Crippen LogP) is 2.55. The molecule has 0 aromatic heterocycles. The van der Waals surface area contributed by atoms with Crippen LogP contribution in [0.4, 0.5) is 0 Å². The molecule has 1 aliphatic heterocycles. The third-order valence-corrected chi connectivity index (χ3v) is 5.64.